The van der Waals surface area contributed by atoms with Crippen LogP contribution in [0.3, 0.4) is 0 Å². The van der Waals surface area contributed by atoms with Crippen LogP contribution in [-0.4, -0.2) is 29.3 Å². The van der Waals surface area contributed by atoms with E-state index in [9.17, 15) is 9.59 Å². The zero-order chi connectivity index (χ0) is 18.8. The summed E-state index contributed by atoms with van der Waals surface area (Å²) in [4.78, 5) is 28.2. The number of anilines is 1. The molecular formula is C19H16N2O3S3. The molecule has 1 aromatic carbocycles. The number of nitrogens with one attached hydrogen (secondary N) is 1. The largest absolute Gasteiger partial charge is 0.491 e. The summed E-state index contributed by atoms with van der Waals surface area (Å²) in [5, 5.41) is 4.58. The SMILES string of the molecule is O=C1NC(=S)SC1=Cc1ccc2c(c1)N(C(=O)Cc1cccs1)CCCO2. The molecule has 0 spiro atoms. The lowest BCUT2D eigenvalue weighted by molar-refractivity contribution is -0.118. The molecule has 1 fully saturated rings. The summed E-state index contributed by atoms with van der Waals surface area (Å²) in [6, 6.07) is 9.56. The predicted molar refractivity (Wildman–Crippen MR) is 113 cm³/mol. The molecule has 138 valence electrons. The number of thioether (sulfide) groups is 1. The molecular weight excluding hydrogens is 400 g/mol. The van der Waals surface area contributed by atoms with E-state index in [4.69, 9.17) is 17.0 Å². The third kappa shape index (κ3) is 4.07. The average Bonchev–Trinajstić information content (AvgIpc) is 3.19. The summed E-state index contributed by atoms with van der Waals surface area (Å²) in [5.41, 5.74) is 1.57. The van der Waals surface area contributed by atoms with E-state index < -0.39 is 0 Å². The minimum absolute atomic E-state index is 0.0446. The molecule has 8 heteroatoms. The maximum absolute atomic E-state index is 12.9. The van der Waals surface area contributed by atoms with Gasteiger partial charge in [-0.2, -0.15) is 0 Å². The van der Waals surface area contributed by atoms with Crippen LogP contribution in [0.25, 0.3) is 6.08 Å². The van der Waals surface area contributed by atoms with Crippen molar-refractivity contribution in [3.63, 3.8) is 0 Å². The number of fused-ring (bicyclic) bond motifs is 1. The van der Waals surface area contributed by atoms with Gasteiger partial charge in [-0.15, -0.1) is 11.3 Å². The Morgan fingerprint density at radius 3 is 3.00 bits per heavy atom. The lowest BCUT2D eigenvalue weighted by Crippen LogP contribution is -2.32. The Morgan fingerprint density at radius 2 is 2.26 bits per heavy atom. The van der Waals surface area contributed by atoms with Crippen LogP contribution in [0.15, 0.2) is 40.6 Å². The molecule has 2 aliphatic rings. The van der Waals surface area contributed by atoms with Crippen LogP contribution < -0.4 is 15.0 Å². The van der Waals surface area contributed by atoms with Crippen LogP contribution in [-0.2, 0) is 16.0 Å². The van der Waals surface area contributed by atoms with Crippen LogP contribution >= 0.6 is 35.3 Å². The summed E-state index contributed by atoms with van der Waals surface area (Å²) < 4.78 is 6.27. The highest BCUT2D eigenvalue weighted by Crippen LogP contribution is 2.34. The van der Waals surface area contributed by atoms with E-state index in [0.29, 0.717) is 34.5 Å². The first-order valence-corrected chi connectivity index (χ1v) is 10.5. The molecule has 0 atom stereocenters. The second-order valence-electron chi connectivity index (χ2n) is 6.08. The van der Waals surface area contributed by atoms with Gasteiger partial charge in [0.15, 0.2) is 0 Å². The molecule has 2 aromatic rings. The van der Waals surface area contributed by atoms with Gasteiger partial charge in [-0.25, -0.2) is 0 Å². The van der Waals surface area contributed by atoms with Crippen LogP contribution in [0.5, 0.6) is 5.75 Å². The molecule has 0 bridgehead atoms. The van der Waals surface area contributed by atoms with E-state index >= 15 is 0 Å². The van der Waals surface area contributed by atoms with Gasteiger partial charge >= 0.3 is 0 Å². The van der Waals surface area contributed by atoms with Crippen molar-refractivity contribution < 1.29 is 14.3 Å². The first kappa shape index (κ1) is 18.2. The lowest BCUT2D eigenvalue weighted by Gasteiger charge is -2.22. The monoisotopic (exact) mass is 416 g/mol. The van der Waals surface area contributed by atoms with Gasteiger partial charge in [0.1, 0.15) is 10.1 Å². The van der Waals surface area contributed by atoms with E-state index in [1.165, 1.54) is 11.8 Å². The molecule has 4 rings (SSSR count). The molecule has 0 radical (unpaired) electrons. The number of carbonyl (C=O) groups is 2. The summed E-state index contributed by atoms with van der Waals surface area (Å²) >= 11 is 7.85. The Balaban J connectivity index is 1.65. The number of hydrogen-bond donors (Lipinski definition) is 1. The van der Waals surface area contributed by atoms with E-state index in [1.807, 2.05) is 35.7 Å². The molecule has 1 aromatic heterocycles. The van der Waals surface area contributed by atoms with E-state index in [0.717, 1.165) is 22.5 Å². The van der Waals surface area contributed by atoms with Gasteiger partial charge in [-0.3, -0.25) is 9.59 Å². The van der Waals surface area contributed by atoms with Gasteiger partial charge < -0.3 is 15.0 Å². The number of ether oxygens (including phenoxy) is 1. The predicted octanol–water partition coefficient (Wildman–Crippen LogP) is 3.60. The van der Waals surface area contributed by atoms with Gasteiger partial charge in [0.05, 0.1) is 23.6 Å². The zero-order valence-corrected chi connectivity index (χ0v) is 16.7. The molecule has 0 unspecified atom stereocenters. The topological polar surface area (TPSA) is 58.6 Å². The van der Waals surface area contributed by atoms with Crippen molar-refractivity contribution in [1.29, 1.82) is 0 Å². The second-order valence-corrected chi connectivity index (χ2v) is 8.83. The van der Waals surface area contributed by atoms with E-state index in [2.05, 4.69) is 5.32 Å². The summed E-state index contributed by atoms with van der Waals surface area (Å²) in [6.45, 7) is 1.18. The normalized spacial score (nSPS) is 18.1. The van der Waals surface area contributed by atoms with Crippen LogP contribution in [0.2, 0.25) is 0 Å². The van der Waals surface area contributed by atoms with Crippen LogP contribution in [0.1, 0.15) is 16.9 Å². The van der Waals surface area contributed by atoms with Crippen LogP contribution in [0, 0.1) is 0 Å². The van der Waals surface area contributed by atoms with Gasteiger partial charge in [-0.1, -0.05) is 36.1 Å². The highest BCUT2D eigenvalue weighted by molar-refractivity contribution is 8.26. The third-order valence-electron chi connectivity index (χ3n) is 4.20. The summed E-state index contributed by atoms with van der Waals surface area (Å²) in [5.74, 6) is 0.540. The Hall–Kier alpha value is -2.16. The first-order valence-electron chi connectivity index (χ1n) is 8.44. The number of nitrogens with zero attached hydrogens (tertiary/aromatic N) is 1. The number of thiocarbonyl (C=S) groups is 1. The van der Waals surface area contributed by atoms with Crippen molar-refractivity contribution in [1.82, 2.24) is 5.32 Å². The van der Waals surface area contributed by atoms with Gasteiger partial charge in [0.25, 0.3) is 5.91 Å². The minimum Gasteiger partial charge on any atom is -0.491 e. The number of hydrogen-bond acceptors (Lipinski definition) is 6. The summed E-state index contributed by atoms with van der Waals surface area (Å²) in [6.07, 6.45) is 2.93. The van der Waals surface area contributed by atoms with Gasteiger partial charge in [0, 0.05) is 11.4 Å². The second kappa shape index (κ2) is 7.84. The van der Waals surface area contributed by atoms with E-state index in [-0.39, 0.29) is 11.8 Å². The first-order chi connectivity index (χ1) is 13.1. The molecule has 27 heavy (non-hydrogen) atoms. The van der Waals surface area contributed by atoms with Crippen molar-refractivity contribution in [2.24, 2.45) is 0 Å². The Bertz CT molecular complexity index is 938. The smallest absolute Gasteiger partial charge is 0.263 e. The Labute approximate surface area is 170 Å². The highest BCUT2D eigenvalue weighted by atomic mass is 32.2. The Kier molecular flexibility index (Phi) is 5.29. The third-order valence-corrected chi connectivity index (χ3v) is 6.24. The maximum atomic E-state index is 12.9. The fraction of sp³-hybridized carbons (Fsp3) is 0.211. The molecule has 0 saturated carbocycles. The fourth-order valence-corrected chi connectivity index (χ4v) is 4.71. The number of amides is 2. The van der Waals surface area contributed by atoms with Gasteiger partial charge in [0.2, 0.25) is 5.91 Å². The van der Waals surface area contributed by atoms with Crippen molar-refractivity contribution in [2.75, 3.05) is 18.1 Å². The van der Waals surface area contributed by atoms with Gasteiger partial charge in [-0.05, 0) is 41.6 Å². The molecule has 1 saturated heterocycles. The highest BCUT2D eigenvalue weighted by Gasteiger charge is 2.25. The van der Waals surface area contributed by atoms with Crippen molar-refractivity contribution >= 4 is 63.2 Å². The number of benzene rings is 1. The lowest BCUT2D eigenvalue weighted by atomic mass is 10.1. The zero-order valence-electron chi connectivity index (χ0n) is 14.3. The fourth-order valence-electron chi connectivity index (χ4n) is 2.97. The number of rotatable bonds is 3. The average molecular weight is 417 g/mol. The standard InChI is InChI=1S/C19H16N2O3S3/c22-17(11-13-3-1-8-26-13)21-6-2-7-24-15-5-4-12(9-14(15)21)10-16-18(23)20-19(25)27-16/h1,3-5,8-10H,2,6-7,11H2,(H,20,23,25). The van der Waals surface area contributed by atoms with E-state index in [1.54, 1.807) is 22.3 Å². The molecule has 1 N–H and O–H groups in total. The Morgan fingerprint density at radius 1 is 1.37 bits per heavy atom. The number of carbonyl (C=O) groups excluding carboxylic acids is 2. The summed E-state index contributed by atoms with van der Waals surface area (Å²) in [7, 11) is 0. The minimum atomic E-state index is -0.193. The van der Waals surface area contributed by atoms with Crippen molar-refractivity contribution in [3.8, 4) is 5.75 Å². The molecule has 3 heterocycles. The molecule has 5 nitrogen and oxygen atoms in total. The number of thiophene rings is 1. The molecule has 2 amide bonds. The quantitative estimate of drug-likeness (QED) is 0.612. The van der Waals surface area contributed by atoms with Crippen LogP contribution in [0.4, 0.5) is 5.69 Å². The van der Waals surface area contributed by atoms with Crippen molar-refractivity contribution in [3.05, 3.63) is 51.1 Å². The molecule has 0 aliphatic carbocycles. The maximum Gasteiger partial charge on any atom is 0.263 e. The molecule has 2 aliphatic heterocycles. The van der Waals surface area contributed by atoms with Crippen molar-refractivity contribution in [2.45, 2.75) is 12.8 Å².